The number of amides is 1. The van der Waals surface area contributed by atoms with Crippen LogP contribution in [-0.4, -0.2) is 42.8 Å². The van der Waals surface area contributed by atoms with E-state index in [0.717, 1.165) is 0 Å². The molecule has 0 saturated carbocycles. The molecule has 0 fully saturated rings. The Balaban J connectivity index is 2.14. The number of aliphatic hydroxyl groups excluding tert-OH is 1. The molecule has 1 aliphatic rings. The maximum absolute atomic E-state index is 14.4. The molecule has 1 amide bonds. The summed E-state index contributed by atoms with van der Waals surface area (Å²) in [7, 11) is 3.17. The summed E-state index contributed by atoms with van der Waals surface area (Å²) < 4.78 is 19.7. The minimum Gasteiger partial charge on any atom is -0.495 e. The van der Waals surface area contributed by atoms with Crippen LogP contribution in [-0.2, 0) is 4.79 Å². The van der Waals surface area contributed by atoms with Gasteiger partial charge in [-0.15, -0.1) is 0 Å². The number of carbonyl (C=O) groups is 1. The van der Waals surface area contributed by atoms with Crippen molar-refractivity contribution in [1.29, 1.82) is 0 Å². The van der Waals surface area contributed by atoms with Crippen molar-refractivity contribution < 1.29 is 19.0 Å². The van der Waals surface area contributed by atoms with E-state index >= 15 is 0 Å². The normalized spacial score (nSPS) is 15.2. The number of nitrogens with one attached hydrogen (secondary N) is 3. The molecule has 0 aliphatic carbocycles. The predicted octanol–water partition coefficient (Wildman–Crippen LogP) is 1.59. The molecule has 2 aromatic rings. The zero-order valence-corrected chi connectivity index (χ0v) is 14.3. The van der Waals surface area contributed by atoms with Crippen LogP contribution < -0.4 is 15.4 Å². The third kappa shape index (κ3) is 3.20. The number of hydrogen-bond donors (Lipinski definition) is 4. The van der Waals surface area contributed by atoms with Crippen LogP contribution in [0.5, 0.6) is 5.75 Å². The molecule has 26 heavy (non-hydrogen) atoms. The molecule has 4 N–H and O–H groups in total. The van der Waals surface area contributed by atoms with Gasteiger partial charge in [-0.1, -0.05) is 11.8 Å². The summed E-state index contributed by atoms with van der Waals surface area (Å²) in [6.45, 7) is -0.209. The molecule has 1 aromatic carbocycles. The minimum absolute atomic E-state index is 0.103. The number of hydrogen-bond acceptors (Lipinski definition) is 4. The smallest absolute Gasteiger partial charge is 0.256 e. The lowest BCUT2D eigenvalue weighted by atomic mass is 9.99. The van der Waals surface area contributed by atoms with Crippen molar-refractivity contribution in [2.75, 3.05) is 26.1 Å². The fraction of sp³-hybridized carbons (Fsp3) is 0.211. The maximum atomic E-state index is 14.4. The number of methoxy groups -OCH3 is 1. The van der Waals surface area contributed by atoms with Crippen LogP contribution in [0.25, 0.3) is 11.6 Å². The molecule has 0 radical (unpaired) electrons. The molecule has 1 aromatic heterocycles. The first-order valence-electron chi connectivity index (χ1n) is 7.96. The van der Waals surface area contributed by atoms with Crippen molar-refractivity contribution in [2.24, 2.45) is 0 Å². The highest BCUT2D eigenvalue weighted by atomic mass is 19.1. The second-order valence-electron chi connectivity index (χ2n) is 5.61. The van der Waals surface area contributed by atoms with E-state index in [9.17, 15) is 14.3 Å². The van der Waals surface area contributed by atoms with Crippen molar-refractivity contribution in [2.45, 2.75) is 6.04 Å². The third-order valence-corrected chi connectivity index (χ3v) is 4.07. The third-order valence-electron chi connectivity index (χ3n) is 4.07. The molecular weight excluding hydrogens is 337 g/mol. The van der Waals surface area contributed by atoms with E-state index in [0.29, 0.717) is 22.7 Å². The molecule has 0 spiro atoms. The fourth-order valence-corrected chi connectivity index (χ4v) is 2.70. The Morgan fingerprint density at radius 3 is 2.92 bits per heavy atom. The number of ether oxygens (including phenoxy) is 1. The number of rotatable bonds is 4. The average molecular weight is 355 g/mol. The van der Waals surface area contributed by atoms with E-state index in [1.165, 1.54) is 19.2 Å². The Kier molecular flexibility index (Phi) is 5.07. The lowest BCUT2D eigenvalue weighted by molar-refractivity contribution is -0.110. The van der Waals surface area contributed by atoms with Gasteiger partial charge in [0.05, 0.1) is 42.3 Å². The summed E-state index contributed by atoms with van der Waals surface area (Å²) in [4.78, 5) is 15.4. The molecular formula is C19H18FN3O3. The van der Waals surface area contributed by atoms with Crippen molar-refractivity contribution in [3.63, 3.8) is 0 Å². The van der Waals surface area contributed by atoms with E-state index in [4.69, 9.17) is 4.74 Å². The van der Waals surface area contributed by atoms with Crippen LogP contribution in [0.3, 0.4) is 0 Å². The van der Waals surface area contributed by atoms with E-state index in [2.05, 4.69) is 27.5 Å². The molecule has 0 unspecified atom stereocenters. The van der Waals surface area contributed by atoms with E-state index < -0.39 is 11.9 Å². The summed E-state index contributed by atoms with van der Waals surface area (Å²) in [5.41, 5.74) is 1.87. The number of fused-ring (bicyclic) bond motifs is 1. The highest BCUT2D eigenvalue weighted by molar-refractivity contribution is 6.35. The lowest BCUT2D eigenvalue weighted by Crippen LogP contribution is -2.27. The SMILES string of the molecule is CN[C@H](C#Cc1c(F)ccc2c1C(=Cc1[nH]ccc1OC)C(=O)N2)CO. The number of benzene rings is 1. The Labute approximate surface area is 150 Å². The van der Waals surface area contributed by atoms with Gasteiger partial charge in [-0.3, -0.25) is 4.79 Å². The number of aromatic amines is 1. The first-order chi connectivity index (χ1) is 12.6. The first kappa shape index (κ1) is 17.7. The molecule has 2 heterocycles. The molecule has 0 saturated heterocycles. The zero-order valence-electron chi connectivity index (χ0n) is 14.3. The second kappa shape index (κ2) is 7.44. The van der Waals surface area contributed by atoms with Gasteiger partial charge in [-0.25, -0.2) is 4.39 Å². The topological polar surface area (TPSA) is 86.4 Å². The number of aromatic nitrogens is 1. The average Bonchev–Trinajstić information content (AvgIpc) is 3.22. The van der Waals surface area contributed by atoms with Gasteiger partial charge in [0.2, 0.25) is 0 Å². The second-order valence-corrected chi connectivity index (χ2v) is 5.61. The van der Waals surface area contributed by atoms with Gasteiger partial charge < -0.3 is 25.5 Å². The zero-order chi connectivity index (χ0) is 18.7. The van der Waals surface area contributed by atoms with Crippen molar-refractivity contribution in [3.8, 4) is 17.6 Å². The fourth-order valence-electron chi connectivity index (χ4n) is 2.70. The highest BCUT2D eigenvalue weighted by Crippen LogP contribution is 2.37. The van der Waals surface area contributed by atoms with Gasteiger partial charge in [0, 0.05) is 11.8 Å². The van der Waals surface area contributed by atoms with Crippen LogP contribution in [0.4, 0.5) is 10.1 Å². The Morgan fingerprint density at radius 1 is 1.42 bits per heavy atom. The molecule has 1 atom stereocenters. The van der Waals surface area contributed by atoms with Gasteiger partial charge >= 0.3 is 0 Å². The number of carbonyl (C=O) groups excluding carboxylic acids is 1. The van der Waals surface area contributed by atoms with Crippen LogP contribution >= 0.6 is 0 Å². The highest BCUT2D eigenvalue weighted by Gasteiger charge is 2.29. The monoisotopic (exact) mass is 355 g/mol. The number of aliphatic hydroxyl groups is 1. The summed E-state index contributed by atoms with van der Waals surface area (Å²) in [5.74, 6) is 5.21. The molecule has 0 bridgehead atoms. The summed E-state index contributed by atoms with van der Waals surface area (Å²) in [6, 6.07) is 3.99. The molecule has 1 aliphatic heterocycles. The van der Waals surface area contributed by atoms with E-state index in [1.807, 2.05) is 0 Å². The maximum Gasteiger partial charge on any atom is 0.256 e. The largest absolute Gasteiger partial charge is 0.495 e. The lowest BCUT2D eigenvalue weighted by Gasteiger charge is -2.06. The molecule has 134 valence electrons. The first-order valence-corrected chi connectivity index (χ1v) is 7.96. The molecule has 7 heteroatoms. The van der Waals surface area contributed by atoms with Gasteiger partial charge in [0.25, 0.3) is 5.91 Å². The molecule has 3 rings (SSSR count). The number of H-pyrrole nitrogens is 1. The van der Waals surface area contributed by atoms with E-state index in [-0.39, 0.29) is 23.7 Å². The Morgan fingerprint density at radius 2 is 2.23 bits per heavy atom. The van der Waals surface area contributed by atoms with Gasteiger partial charge in [0.15, 0.2) is 0 Å². The quantitative estimate of drug-likeness (QED) is 0.496. The van der Waals surface area contributed by atoms with Crippen molar-refractivity contribution >= 4 is 23.2 Å². The van der Waals surface area contributed by atoms with Crippen LogP contribution in [0.1, 0.15) is 16.8 Å². The summed E-state index contributed by atoms with van der Waals surface area (Å²) >= 11 is 0. The van der Waals surface area contributed by atoms with E-state index in [1.54, 1.807) is 25.4 Å². The van der Waals surface area contributed by atoms with Gasteiger partial charge in [-0.05, 0) is 31.3 Å². The summed E-state index contributed by atoms with van der Waals surface area (Å²) in [5, 5.41) is 14.8. The number of halogens is 1. The summed E-state index contributed by atoms with van der Waals surface area (Å²) in [6.07, 6.45) is 3.29. The molecule has 6 nitrogen and oxygen atoms in total. The minimum atomic E-state index is -0.537. The van der Waals surface area contributed by atoms with Crippen molar-refractivity contribution in [1.82, 2.24) is 10.3 Å². The van der Waals surface area contributed by atoms with Crippen molar-refractivity contribution in [3.05, 3.63) is 47.0 Å². The van der Waals surface area contributed by atoms with Gasteiger partial charge in [0.1, 0.15) is 11.6 Å². The van der Waals surface area contributed by atoms with Crippen LogP contribution in [0, 0.1) is 17.7 Å². The van der Waals surface area contributed by atoms with Crippen LogP contribution in [0.2, 0.25) is 0 Å². The number of likely N-dealkylation sites (N-methyl/N-ethyl adjacent to an activating group) is 1. The number of anilines is 1. The Hall–Kier alpha value is -3.08. The standard InChI is InChI=1S/C19H18FN3O3/c1-21-11(10-24)3-4-12-14(20)5-6-15-18(12)13(19(25)23-15)9-16-17(26-2)7-8-22-16/h5-9,11,21-22,24H,10H2,1-2H3,(H,23,25)/t11-/m1/s1. The predicted molar refractivity (Wildman–Crippen MR) is 97.1 cm³/mol. The Bertz CT molecular complexity index is 933. The van der Waals surface area contributed by atoms with Crippen LogP contribution in [0.15, 0.2) is 24.4 Å². The van der Waals surface area contributed by atoms with Gasteiger partial charge in [-0.2, -0.15) is 0 Å².